The highest BCUT2D eigenvalue weighted by atomic mass is 16.5. The van der Waals surface area contributed by atoms with Crippen molar-refractivity contribution in [2.24, 2.45) is 0 Å². The van der Waals surface area contributed by atoms with Gasteiger partial charge in [-0.1, -0.05) is 48.5 Å². The Labute approximate surface area is 153 Å². The fourth-order valence-corrected chi connectivity index (χ4v) is 3.39. The predicted octanol–water partition coefficient (Wildman–Crippen LogP) is 3.90. The molecule has 0 heterocycles. The number of carbonyl (C=O) groups excluding carboxylic acids is 2. The summed E-state index contributed by atoms with van der Waals surface area (Å²) < 4.78 is 5.43. The van der Waals surface area contributed by atoms with Crippen LogP contribution in [0.4, 0.5) is 4.79 Å². The normalized spacial score (nSPS) is 13.2. The highest BCUT2D eigenvalue weighted by molar-refractivity contribution is 5.79. The summed E-state index contributed by atoms with van der Waals surface area (Å²) in [6, 6.07) is 15.7. The number of hydrogen-bond donors (Lipinski definition) is 1. The van der Waals surface area contributed by atoms with Crippen LogP contribution in [0, 0.1) is 12.3 Å². The van der Waals surface area contributed by atoms with Gasteiger partial charge in [-0.05, 0) is 35.1 Å². The van der Waals surface area contributed by atoms with E-state index in [-0.39, 0.29) is 12.5 Å². The molecule has 3 rings (SSSR count). The highest BCUT2D eigenvalue weighted by Gasteiger charge is 2.29. The topological polar surface area (TPSA) is 55.4 Å². The second-order valence-corrected chi connectivity index (χ2v) is 6.31. The van der Waals surface area contributed by atoms with Crippen LogP contribution in [-0.4, -0.2) is 25.0 Å². The Balaban J connectivity index is 1.64. The minimum atomic E-state index is -0.579. The molecule has 1 N–H and O–H groups in total. The van der Waals surface area contributed by atoms with E-state index in [0.29, 0.717) is 19.3 Å². The van der Waals surface area contributed by atoms with Crippen molar-refractivity contribution in [3.63, 3.8) is 0 Å². The molecule has 1 aliphatic rings. The molecule has 4 nitrogen and oxygen atoms in total. The number of hydrogen-bond acceptors (Lipinski definition) is 3. The molecule has 0 aromatic heterocycles. The Morgan fingerprint density at radius 2 is 1.77 bits per heavy atom. The summed E-state index contributed by atoms with van der Waals surface area (Å²) in [4.78, 5) is 23.2. The number of carbonyl (C=O) groups is 2. The molecule has 26 heavy (non-hydrogen) atoms. The number of ether oxygens (including phenoxy) is 1. The summed E-state index contributed by atoms with van der Waals surface area (Å²) in [6.45, 7) is 0.232. The van der Waals surface area contributed by atoms with Crippen molar-refractivity contribution in [2.75, 3.05) is 6.61 Å². The zero-order valence-corrected chi connectivity index (χ0v) is 14.5. The van der Waals surface area contributed by atoms with Gasteiger partial charge in [-0.15, -0.1) is 12.3 Å². The molecule has 1 atom stereocenters. The third kappa shape index (κ3) is 3.78. The molecule has 132 valence electrons. The SMILES string of the molecule is C#CCCC[C@@H](C=O)NC(=O)OCC1c2ccccc2-c2ccccc21. The lowest BCUT2D eigenvalue weighted by Gasteiger charge is -2.16. The number of amides is 1. The summed E-state index contributed by atoms with van der Waals surface area (Å²) in [5.74, 6) is 2.53. The van der Waals surface area contributed by atoms with E-state index in [9.17, 15) is 9.59 Å². The van der Waals surface area contributed by atoms with E-state index in [1.807, 2.05) is 24.3 Å². The fraction of sp³-hybridized carbons (Fsp3) is 0.273. The number of fused-ring (bicyclic) bond motifs is 3. The van der Waals surface area contributed by atoms with Gasteiger partial charge in [-0.25, -0.2) is 4.79 Å². The van der Waals surface area contributed by atoms with E-state index in [1.54, 1.807) is 0 Å². The monoisotopic (exact) mass is 347 g/mol. The van der Waals surface area contributed by atoms with E-state index in [0.717, 1.165) is 17.4 Å². The molecule has 0 aliphatic heterocycles. The third-order valence-corrected chi connectivity index (χ3v) is 4.65. The Bertz CT molecular complexity index is 792. The number of terminal acetylenes is 1. The van der Waals surface area contributed by atoms with E-state index < -0.39 is 12.1 Å². The van der Waals surface area contributed by atoms with Crippen molar-refractivity contribution in [3.05, 3.63) is 59.7 Å². The van der Waals surface area contributed by atoms with Crippen molar-refractivity contribution in [1.29, 1.82) is 0 Å². The first-order chi connectivity index (χ1) is 12.7. The van der Waals surface area contributed by atoms with E-state index in [4.69, 9.17) is 11.2 Å². The van der Waals surface area contributed by atoms with Gasteiger partial charge in [0.25, 0.3) is 0 Å². The largest absolute Gasteiger partial charge is 0.449 e. The average molecular weight is 347 g/mol. The van der Waals surface area contributed by atoms with E-state index in [1.165, 1.54) is 11.1 Å². The quantitative estimate of drug-likeness (QED) is 0.469. The Morgan fingerprint density at radius 3 is 2.35 bits per heavy atom. The summed E-state index contributed by atoms with van der Waals surface area (Å²) >= 11 is 0. The fourth-order valence-electron chi connectivity index (χ4n) is 3.39. The van der Waals surface area contributed by atoms with Gasteiger partial charge < -0.3 is 14.8 Å². The lowest BCUT2D eigenvalue weighted by Crippen LogP contribution is -2.37. The Kier molecular flexibility index (Phi) is 5.70. The molecule has 0 bridgehead atoms. The van der Waals surface area contributed by atoms with Gasteiger partial charge in [0, 0.05) is 12.3 Å². The van der Waals surface area contributed by atoms with Crippen molar-refractivity contribution < 1.29 is 14.3 Å². The van der Waals surface area contributed by atoms with Crippen LogP contribution in [0.1, 0.15) is 36.3 Å². The van der Waals surface area contributed by atoms with E-state index >= 15 is 0 Å². The van der Waals surface area contributed by atoms with Crippen molar-refractivity contribution in [2.45, 2.75) is 31.2 Å². The molecule has 0 saturated heterocycles. The second-order valence-electron chi connectivity index (χ2n) is 6.31. The predicted molar refractivity (Wildman–Crippen MR) is 101 cm³/mol. The number of alkyl carbamates (subject to hydrolysis) is 1. The van der Waals surface area contributed by atoms with Gasteiger partial charge in [-0.3, -0.25) is 0 Å². The highest BCUT2D eigenvalue weighted by Crippen LogP contribution is 2.44. The van der Waals surface area contributed by atoms with Crippen molar-refractivity contribution in [1.82, 2.24) is 5.32 Å². The third-order valence-electron chi connectivity index (χ3n) is 4.65. The van der Waals surface area contributed by atoms with Crippen molar-refractivity contribution >= 4 is 12.4 Å². The lowest BCUT2D eigenvalue weighted by molar-refractivity contribution is -0.109. The maximum absolute atomic E-state index is 12.1. The summed E-state index contributed by atoms with van der Waals surface area (Å²) in [7, 11) is 0. The van der Waals surface area contributed by atoms with Crippen LogP contribution < -0.4 is 5.32 Å². The smallest absolute Gasteiger partial charge is 0.407 e. The number of nitrogens with one attached hydrogen (secondary N) is 1. The molecule has 0 radical (unpaired) electrons. The molecule has 2 aromatic carbocycles. The molecule has 0 saturated carbocycles. The first kappa shape index (κ1) is 17.8. The second kappa shape index (κ2) is 8.35. The van der Waals surface area contributed by atoms with Crippen LogP contribution in [0.5, 0.6) is 0 Å². The first-order valence-corrected chi connectivity index (χ1v) is 8.75. The zero-order chi connectivity index (χ0) is 18.4. The lowest BCUT2D eigenvalue weighted by atomic mass is 9.98. The summed E-state index contributed by atoms with van der Waals surface area (Å²) in [5, 5.41) is 2.60. The molecule has 0 fully saturated rings. The molecule has 0 spiro atoms. The van der Waals surface area contributed by atoms with Crippen LogP contribution in [-0.2, 0) is 9.53 Å². The van der Waals surface area contributed by atoms with Gasteiger partial charge in [0.05, 0.1) is 6.04 Å². The van der Waals surface area contributed by atoms with Crippen molar-refractivity contribution in [3.8, 4) is 23.5 Å². The Morgan fingerprint density at radius 1 is 1.15 bits per heavy atom. The maximum Gasteiger partial charge on any atom is 0.407 e. The zero-order valence-electron chi connectivity index (χ0n) is 14.5. The van der Waals surface area contributed by atoms with Crippen LogP contribution in [0.2, 0.25) is 0 Å². The van der Waals surface area contributed by atoms with Gasteiger partial charge in [-0.2, -0.15) is 0 Å². The molecule has 0 unspecified atom stereocenters. The number of benzene rings is 2. The summed E-state index contributed by atoms with van der Waals surface area (Å²) in [5.41, 5.74) is 4.67. The van der Waals surface area contributed by atoms with Gasteiger partial charge in [0.1, 0.15) is 12.9 Å². The molecule has 2 aromatic rings. The first-order valence-electron chi connectivity index (χ1n) is 8.75. The van der Waals surface area contributed by atoms with Crippen LogP contribution in [0.15, 0.2) is 48.5 Å². The summed E-state index contributed by atoms with van der Waals surface area (Å²) in [6.07, 6.45) is 7.12. The molecule has 4 heteroatoms. The average Bonchev–Trinajstić information content (AvgIpc) is 2.99. The molecular formula is C22H21NO3. The standard InChI is InChI=1S/C22H21NO3/c1-2-3-4-9-16(14-24)23-22(25)26-15-21-19-12-7-5-10-17(19)18-11-6-8-13-20(18)21/h1,5-8,10-14,16,21H,3-4,9,15H2,(H,23,25)/t16-/m0/s1. The maximum atomic E-state index is 12.1. The number of rotatable bonds is 7. The minimum Gasteiger partial charge on any atom is -0.449 e. The van der Waals surface area contributed by atoms with Gasteiger partial charge in [0.2, 0.25) is 0 Å². The van der Waals surface area contributed by atoms with Crippen LogP contribution in [0.25, 0.3) is 11.1 Å². The van der Waals surface area contributed by atoms with Gasteiger partial charge in [0.15, 0.2) is 0 Å². The Hall–Kier alpha value is -3.06. The molecular weight excluding hydrogens is 326 g/mol. The number of aldehydes is 1. The molecule has 1 amide bonds. The number of unbranched alkanes of at least 4 members (excludes halogenated alkanes) is 1. The van der Waals surface area contributed by atoms with E-state index in [2.05, 4.69) is 35.5 Å². The van der Waals surface area contributed by atoms with Crippen LogP contribution in [0.3, 0.4) is 0 Å². The molecule has 1 aliphatic carbocycles. The van der Waals surface area contributed by atoms with Gasteiger partial charge >= 0.3 is 6.09 Å². The minimum absolute atomic E-state index is 0.00395. The van der Waals surface area contributed by atoms with Crippen LogP contribution >= 0.6 is 0 Å².